The van der Waals surface area contributed by atoms with Gasteiger partial charge in [0.2, 0.25) is 0 Å². The van der Waals surface area contributed by atoms with Crippen LogP contribution in [0.25, 0.3) is 0 Å². The SMILES string of the molecule is CC1(C)C2CCC1N2. The Balaban J connectivity index is 2.23. The molecule has 0 aromatic carbocycles. The minimum Gasteiger partial charge on any atom is -0.310 e. The van der Waals surface area contributed by atoms with Gasteiger partial charge in [-0.1, -0.05) is 13.8 Å². The molecule has 2 aliphatic heterocycles. The van der Waals surface area contributed by atoms with Gasteiger partial charge in [0.25, 0.3) is 0 Å². The highest BCUT2D eigenvalue weighted by molar-refractivity contribution is 5.10. The molecule has 2 heterocycles. The predicted octanol–water partition coefficient (Wildman–Crippen LogP) is 1.15. The second-order valence-corrected chi connectivity index (χ2v) is 3.67. The molecule has 2 bridgehead atoms. The van der Waals surface area contributed by atoms with Gasteiger partial charge in [0.05, 0.1) is 0 Å². The standard InChI is InChI=1S/C7H13N/c1-7(2)5-3-4-6(7)8-5/h5-6,8H,3-4H2,1-2H3. The Morgan fingerprint density at radius 3 is 1.88 bits per heavy atom. The molecule has 3 fully saturated rings. The van der Waals surface area contributed by atoms with Crippen molar-refractivity contribution in [2.45, 2.75) is 38.8 Å². The van der Waals surface area contributed by atoms with Gasteiger partial charge >= 0.3 is 0 Å². The quantitative estimate of drug-likeness (QED) is 0.494. The smallest absolute Gasteiger partial charge is 0.0136 e. The van der Waals surface area contributed by atoms with Gasteiger partial charge in [-0.2, -0.15) is 0 Å². The lowest BCUT2D eigenvalue weighted by Crippen LogP contribution is -2.60. The molecule has 2 saturated heterocycles. The van der Waals surface area contributed by atoms with Gasteiger partial charge in [0.1, 0.15) is 0 Å². The van der Waals surface area contributed by atoms with Crippen molar-refractivity contribution in [2.24, 2.45) is 5.41 Å². The molecule has 0 radical (unpaired) electrons. The summed E-state index contributed by atoms with van der Waals surface area (Å²) in [5.41, 5.74) is 0.639. The third-order valence-corrected chi connectivity index (χ3v) is 2.94. The van der Waals surface area contributed by atoms with Gasteiger partial charge in [-0.15, -0.1) is 0 Å². The van der Waals surface area contributed by atoms with Crippen molar-refractivity contribution in [3.05, 3.63) is 0 Å². The maximum atomic E-state index is 3.51. The van der Waals surface area contributed by atoms with Crippen molar-refractivity contribution in [1.29, 1.82) is 0 Å². The maximum absolute atomic E-state index is 3.51. The maximum Gasteiger partial charge on any atom is 0.0136 e. The highest BCUT2D eigenvalue weighted by Gasteiger charge is 2.52. The topological polar surface area (TPSA) is 12.0 Å². The van der Waals surface area contributed by atoms with Gasteiger partial charge in [-0.3, -0.25) is 0 Å². The lowest BCUT2D eigenvalue weighted by atomic mass is 9.76. The minimum atomic E-state index is 0.639. The van der Waals surface area contributed by atoms with Gasteiger partial charge in [-0.05, 0) is 18.3 Å². The number of fused-ring (bicyclic) bond motifs is 1. The van der Waals surface area contributed by atoms with Crippen LogP contribution < -0.4 is 5.32 Å². The van der Waals surface area contributed by atoms with Crippen LogP contribution in [0.2, 0.25) is 0 Å². The lowest BCUT2D eigenvalue weighted by Gasteiger charge is -2.45. The molecule has 8 heavy (non-hydrogen) atoms. The van der Waals surface area contributed by atoms with E-state index >= 15 is 0 Å². The van der Waals surface area contributed by atoms with Crippen LogP contribution in [-0.4, -0.2) is 12.1 Å². The molecule has 0 amide bonds. The lowest BCUT2D eigenvalue weighted by molar-refractivity contribution is 0.116. The van der Waals surface area contributed by atoms with Crippen LogP contribution in [0.4, 0.5) is 0 Å². The van der Waals surface area contributed by atoms with E-state index in [-0.39, 0.29) is 0 Å². The monoisotopic (exact) mass is 111 g/mol. The van der Waals surface area contributed by atoms with E-state index in [2.05, 4.69) is 19.2 Å². The van der Waals surface area contributed by atoms with Gasteiger partial charge in [0.15, 0.2) is 0 Å². The van der Waals surface area contributed by atoms with Gasteiger partial charge < -0.3 is 5.32 Å². The molecular weight excluding hydrogens is 98.1 g/mol. The normalized spacial score (nSPS) is 48.8. The van der Waals surface area contributed by atoms with Crippen LogP contribution in [-0.2, 0) is 0 Å². The fraction of sp³-hybridized carbons (Fsp3) is 1.00. The van der Waals surface area contributed by atoms with Crippen molar-refractivity contribution in [3.8, 4) is 0 Å². The Kier molecular flexibility index (Phi) is 0.663. The second kappa shape index (κ2) is 1.10. The first kappa shape index (κ1) is 4.80. The first-order valence-electron chi connectivity index (χ1n) is 3.47. The fourth-order valence-corrected chi connectivity index (χ4v) is 2.06. The zero-order chi connectivity index (χ0) is 5.78. The average Bonchev–Trinajstić information content (AvgIpc) is 2.18. The van der Waals surface area contributed by atoms with E-state index in [0.29, 0.717) is 5.41 Å². The van der Waals surface area contributed by atoms with Crippen LogP contribution >= 0.6 is 0 Å². The van der Waals surface area contributed by atoms with Crippen LogP contribution in [0.15, 0.2) is 0 Å². The summed E-state index contributed by atoms with van der Waals surface area (Å²) >= 11 is 0. The molecule has 1 aliphatic carbocycles. The summed E-state index contributed by atoms with van der Waals surface area (Å²) < 4.78 is 0. The average molecular weight is 111 g/mol. The van der Waals surface area contributed by atoms with Crippen LogP contribution in [0.5, 0.6) is 0 Å². The highest BCUT2D eigenvalue weighted by atomic mass is 15.1. The Bertz CT molecular complexity index is 102. The summed E-state index contributed by atoms with van der Waals surface area (Å²) in [5.74, 6) is 0. The van der Waals surface area contributed by atoms with Gasteiger partial charge in [-0.25, -0.2) is 0 Å². The molecule has 1 nitrogen and oxygen atoms in total. The first-order chi connectivity index (χ1) is 3.71. The number of hydrogen-bond donors (Lipinski definition) is 1. The van der Waals surface area contributed by atoms with Crippen LogP contribution in [0, 0.1) is 5.41 Å². The number of nitrogens with one attached hydrogen (secondary N) is 1. The molecule has 1 heteroatoms. The van der Waals surface area contributed by atoms with Crippen LogP contribution in [0.1, 0.15) is 26.7 Å². The second-order valence-electron chi connectivity index (χ2n) is 3.67. The summed E-state index contributed by atoms with van der Waals surface area (Å²) in [6.07, 6.45) is 2.83. The summed E-state index contributed by atoms with van der Waals surface area (Å²) in [7, 11) is 0. The van der Waals surface area contributed by atoms with E-state index in [4.69, 9.17) is 0 Å². The van der Waals surface area contributed by atoms with Gasteiger partial charge in [0, 0.05) is 12.1 Å². The molecule has 2 atom stereocenters. The van der Waals surface area contributed by atoms with Crippen molar-refractivity contribution < 1.29 is 0 Å². The molecule has 1 N–H and O–H groups in total. The fourth-order valence-electron chi connectivity index (χ4n) is 2.06. The number of hydrogen-bond acceptors (Lipinski definition) is 1. The Labute approximate surface area is 50.5 Å². The predicted molar refractivity (Wildman–Crippen MR) is 33.7 cm³/mol. The summed E-state index contributed by atoms with van der Waals surface area (Å²) in [4.78, 5) is 0. The van der Waals surface area contributed by atoms with Crippen molar-refractivity contribution in [2.75, 3.05) is 0 Å². The van der Waals surface area contributed by atoms with E-state index in [9.17, 15) is 0 Å². The van der Waals surface area contributed by atoms with E-state index in [1.54, 1.807) is 0 Å². The third kappa shape index (κ3) is 0.334. The largest absolute Gasteiger partial charge is 0.310 e. The molecule has 1 saturated carbocycles. The molecule has 3 rings (SSSR count). The zero-order valence-corrected chi connectivity index (χ0v) is 5.57. The van der Waals surface area contributed by atoms with Crippen molar-refractivity contribution >= 4 is 0 Å². The molecule has 0 aromatic heterocycles. The van der Waals surface area contributed by atoms with Crippen molar-refractivity contribution in [3.63, 3.8) is 0 Å². The molecular formula is C7H13N. The molecule has 0 aromatic rings. The Hall–Kier alpha value is -0.0400. The van der Waals surface area contributed by atoms with E-state index in [1.165, 1.54) is 12.8 Å². The highest BCUT2D eigenvalue weighted by Crippen LogP contribution is 2.46. The van der Waals surface area contributed by atoms with E-state index in [0.717, 1.165) is 12.1 Å². The zero-order valence-electron chi connectivity index (χ0n) is 5.57. The summed E-state index contributed by atoms with van der Waals surface area (Å²) in [6, 6.07) is 1.71. The molecule has 46 valence electrons. The Morgan fingerprint density at radius 2 is 1.75 bits per heavy atom. The van der Waals surface area contributed by atoms with Crippen LogP contribution in [0.3, 0.4) is 0 Å². The Morgan fingerprint density at radius 1 is 1.25 bits per heavy atom. The molecule has 2 unspecified atom stereocenters. The van der Waals surface area contributed by atoms with E-state index < -0.39 is 0 Å². The summed E-state index contributed by atoms with van der Waals surface area (Å²) in [6.45, 7) is 4.73. The summed E-state index contributed by atoms with van der Waals surface area (Å²) in [5, 5.41) is 3.51. The third-order valence-electron chi connectivity index (χ3n) is 2.94. The molecule has 0 spiro atoms. The minimum absolute atomic E-state index is 0.639. The van der Waals surface area contributed by atoms with Crippen molar-refractivity contribution in [1.82, 2.24) is 5.32 Å². The molecule has 3 aliphatic rings. The number of rotatable bonds is 0. The van der Waals surface area contributed by atoms with E-state index in [1.807, 2.05) is 0 Å². The first-order valence-corrected chi connectivity index (χ1v) is 3.47.